The summed E-state index contributed by atoms with van der Waals surface area (Å²) in [5, 5.41) is 3.12. The highest BCUT2D eigenvalue weighted by Gasteiger charge is 2.37. The first-order chi connectivity index (χ1) is 14.6. The fourth-order valence-electron chi connectivity index (χ4n) is 3.68. The van der Waals surface area contributed by atoms with E-state index in [1.807, 2.05) is 0 Å². The molecule has 2 aromatic carbocycles. The summed E-state index contributed by atoms with van der Waals surface area (Å²) < 4.78 is 58.9. The third kappa shape index (κ3) is 7.39. The second-order valence-corrected chi connectivity index (χ2v) is 11.4. The second-order valence-electron chi connectivity index (χ2n) is 7.82. The normalized spacial score (nSPS) is 15.2. The van der Waals surface area contributed by atoms with Gasteiger partial charge in [-0.05, 0) is 67.2 Å². The number of rotatable bonds is 7. The minimum Gasteiger partial charge on any atom is -0.741 e. The zero-order chi connectivity index (χ0) is 23.1. The number of aryl methyl sites for hydroxylation is 2. The van der Waals surface area contributed by atoms with Crippen molar-refractivity contribution in [1.29, 1.82) is 0 Å². The van der Waals surface area contributed by atoms with Gasteiger partial charge in [-0.2, -0.15) is 13.2 Å². The lowest BCUT2D eigenvalue weighted by Gasteiger charge is -2.12. The number of unbranched alkanes of at least 4 members (excludes halogenated alkanes) is 2. The van der Waals surface area contributed by atoms with Crippen molar-refractivity contribution in [2.24, 2.45) is 0 Å². The Morgan fingerprint density at radius 2 is 1.52 bits per heavy atom. The van der Waals surface area contributed by atoms with Crippen LogP contribution in [-0.2, 0) is 33.9 Å². The van der Waals surface area contributed by atoms with Crippen LogP contribution < -0.4 is 0 Å². The van der Waals surface area contributed by atoms with E-state index in [2.05, 4.69) is 44.2 Å². The quantitative estimate of drug-likeness (QED) is 0.266. The molecular formula is C23H31F3O3S2. The Bertz CT molecular complexity index is 950. The highest BCUT2D eigenvalue weighted by molar-refractivity contribution is 7.97. The first kappa shape index (κ1) is 26.0. The molecule has 3 nitrogen and oxygen atoms in total. The van der Waals surface area contributed by atoms with Crippen LogP contribution in [0.15, 0.2) is 35.2 Å². The average Bonchev–Trinajstić information content (AvgIpc) is 3.23. The van der Waals surface area contributed by atoms with Gasteiger partial charge in [0.1, 0.15) is 11.5 Å². The topological polar surface area (TPSA) is 57.2 Å². The SMILES string of the molecule is CCCCc1ccc2c(CCCC)ccc([S+]3CCCC3)c2c1.O=S(=O)([O-])C(F)(F)F. The van der Waals surface area contributed by atoms with Crippen molar-refractivity contribution in [1.82, 2.24) is 0 Å². The number of hydrogen-bond acceptors (Lipinski definition) is 3. The molecule has 0 aromatic heterocycles. The molecule has 8 heteroatoms. The lowest BCUT2D eigenvalue weighted by Crippen LogP contribution is -2.21. The molecule has 0 saturated carbocycles. The molecule has 0 bridgehead atoms. The maximum absolute atomic E-state index is 10.7. The standard InChI is InChI=1S/C22H31S.CHF3O3S/c1-3-5-9-18-11-13-20-19(10-6-4-2)12-14-22(21(20)17-18)23-15-7-8-16-23;2-1(3,4)8(5,6)7/h11-14,17H,3-10,15-16H2,1-2H3;(H,5,6,7)/q+1;/p-1. The Morgan fingerprint density at radius 3 is 2.06 bits per heavy atom. The van der Waals surface area contributed by atoms with Crippen LogP contribution in [0.1, 0.15) is 63.5 Å². The molecule has 3 rings (SSSR count). The highest BCUT2D eigenvalue weighted by Crippen LogP contribution is 2.33. The molecule has 1 saturated heterocycles. The molecule has 31 heavy (non-hydrogen) atoms. The van der Waals surface area contributed by atoms with Crippen molar-refractivity contribution >= 4 is 31.8 Å². The maximum Gasteiger partial charge on any atom is 0.485 e. The summed E-state index contributed by atoms with van der Waals surface area (Å²) in [7, 11) is -5.58. The second kappa shape index (κ2) is 11.6. The van der Waals surface area contributed by atoms with Crippen molar-refractivity contribution in [3.05, 3.63) is 41.5 Å². The minimum absolute atomic E-state index is 0.507. The number of alkyl halides is 3. The lowest BCUT2D eigenvalue weighted by molar-refractivity contribution is -0.0517. The lowest BCUT2D eigenvalue weighted by atomic mass is 9.97. The number of hydrogen-bond donors (Lipinski definition) is 0. The van der Waals surface area contributed by atoms with Gasteiger partial charge in [0.2, 0.25) is 0 Å². The van der Waals surface area contributed by atoms with E-state index in [4.69, 9.17) is 13.0 Å². The third-order valence-corrected chi connectivity index (χ3v) is 8.48. The zero-order valence-corrected chi connectivity index (χ0v) is 19.8. The predicted molar refractivity (Wildman–Crippen MR) is 122 cm³/mol. The summed E-state index contributed by atoms with van der Waals surface area (Å²) >= 11 is 0. The highest BCUT2D eigenvalue weighted by atomic mass is 32.2. The van der Waals surface area contributed by atoms with E-state index < -0.39 is 15.6 Å². The molecule has 174 valence electrons. The molecule has 1 aliphatic rings. The largest absolute Gasteiger partial charge is 0.741 e. The Morgan fingerprint density at radius 1 is 0.935 bits per heavy atom. The van der Waals surface area contributed by atoms with E-state index in [0.717, 1.165) is 0 Å². The molecule has 1 heterocycles. The summed E-state index contributed by atoms with van der Waals surface area (Å²) in [6.07, 6.45) is 10.5. The minimum atomic E-state index is -6.09. The van der Waals surface area contributed by atoms with Gasteiger partial charge < -0.3 is 4.55 Å². The van der Waals surface area contributed by atoms with Gasteiger partial charge in [-0.1, -0.05) is 44.9 Å². The van der Waals surface area contributed by atoms with Crippen LogP contribution in [0.25, 0.3) is 10.8 Å². The maximum atomic E-state index is 10.7. The van der Waals surface area contributed by atoms with Crippen molar-refractivity contribution in [3.8, 4) is 0 Å². The van der Waals surface area contributed by atoms with Gasteiger partial charge in [0.05, 0.1) is 0 Å². The van der Waals surface area contributed by atoms with Gasteiger partial charge in [0.25, 0.3) is 0 Å². The van der Waals surface area contributed by atoms with E-state index in [1.165, 1.54) is 73.8 Å². The predicted octanol–water partition coefficient (Wildman–Crippen LogP) is 6.35. The molecule has 2 aromatic rings. The van der Waals surface area contributed by atoms with Crippen LogP contribution in [0.2, 0.25) is 0 Å². The molecule has 0 spiro atoms. The fraction of sp³-hybridized carbons (Fsp3) is 0.565. The van der Waals surface area contributed by atoms with Gasteiger partial charge in [-0.25, -0.2) is 8.42 Å². The van der Waals surface area contributed by atoms with E-state index in [0.29, 0.717) is 10.9 Å². The number of fused-ring (bicyclic) bond motifs is 1. The molecule has 0 amide bonds. The third-order valence-electron chi connectivity index (χ3n) is 5.38. The number of benzene rings is 2. The van der Waals surface area contributed by atoms with Crippen LogP contribution in [-0.4, -0.2) is 30.0 Å². The van der Waals surface area contributed by atoms with E-state index in [-0.39, 0.29) is 0 Å². The van der Waals surface area contributed by atoms with Gasteiger partial charge >= 0.3 is 5.51 Å². The van der Waals surface area contributed by atoms with E-state index in [9.17, 15) is 13.2 Å². The average molecular weight is 477 g/mol. The monoisotopic (exact) mass is 476 g/mol. The molecule has 0 unspecified atom stereocenters. The van der Waals surface area contributed by atoms with Crippen LogP contribution in [0.3, 0.4) is 0 Å². The molecule has 0 atom stereocenters. The molecular weight excluding hydrogens is 445 g/mol. The molecule has 0 radical (unpaired) electrons. The van der Waals surface area contributed by atoms with Crippen LogP contribution in [0.5, 0.6) is 0 Å². The van der Waals surface area contributed by atoms with Crippen LogP contribution >= 0.6 is 0 Å². The van der Waals surface area contributed by atoms with Gasteiger partial charge in [0, 0.05) is 16.3 Å². The first-order valence-corrected chi connectivity index (χ1v) is 13.8. The zero-order valence-electron chi connectivity index (χ0n) is 18.1. The van der Waals surface area contributed by atoms with E-state index >= 15 is 0 Å². The molecule has 1 aliphatic heterocycles. The first-order valence-electron chi connectivity index (χ1n) is 10.8. The van der Waals surface area contributed by atoms with Crippen LogP contribution in [0, 0.1) is 0 Å². The Balaban J connectivity index is 0.000000366. The Hall–Kier alpha value is -1.25. The van der Waals surface area contributed by atoms with Crippen molar-refractivity contribution in [2.45, 2.75) is 75.6 Å². The summed E-state index contributed by atoms with van der Waals surface area (Å²) in [4.78, 5) is 1.66. The van der Waals surface area contributed by atoms with Gasteiger partial charge in [-0.3, -0.25) is 0 Å². The molecule has 0 N–H and O–H groups in total. The van der Waals surface area contributed by atoms with E-state index in [1.54, 1.807) is 15.8 Å². The smallest absolute Gasteiger partial charge is 0.485 e. The Kier molecular flexibility index (Phi) is 9.70. The van der Waals surface area contributed by atoms with Crippen molar-refractivity contribution in [2.75, 3.05) is 11.5 Å². The molecule has 1 fully saturated rings. The molecule has 0 aliphatic carbocycles. The summed E-state index contributed by atoms with van der Waals surface area (Å²) in [5.74, 6) is 2.84. The summed E-state index contributed by atoms with van der Waals surface area (Å²) in [5.41, 5.74) is -2.54. The fourth-order valence-corrected chi connectivity index (χ4v) is 6.17. The number of halogens is 3. The Labute approximate surface area is 186 Å². The van der Waals surface area contributed by atoms with Gasteiger partial charge in [-0.15, -0.1) is 0 Å². The van der Waals surface area contributed by atoms with Crippen molar-refractivity contribution in [3.63, 3.8) is 0 Å². The summed E-state index contributed by atoms with van der Waals surface area (Å²) in [6.45, 7) is 4.58. The van der Waals surface area contributed by atoms with Crippen molar-refractivity contribution < 1.29 is 26.1 Å². The van der Waals surface area contributed by atoms with Gasteiger partial charge in [0.15, 0.2) is 15.0 Å². The summed E-state index contributed by atoms with van der Waals surface area (Å²) in [6, 6.07) is 12.3. The van der Waals surface area contributed by atoms with Crippen LogP contribution in [0.4, 0.5) is 13.2 Å².